The zero-order valence-electron chi connectivity index (χ0n) is 11.2. The van der Waals surface area contributed by atoms with Crippen molar-refractivity contribution in [3.8, 4) is 0 Å². The highest BCUT2D eigenvalue weighted by atomic mass is 16.2. The standard InChI is InChI=1S/C13H21N3O/c1-9(2)8-16-10(3)6-13(11(16)4)7-14-15-12(5)17/h6-7,9H,8H2,1-5H3,(H,15,17)/b14-7-. The molecule has 1 heterocycles. The Balaban J connectivity index is 2.88. The Bertz CT molecular complexity index is 430. The Morgan fingerprint density at radius 1 is 1.53 bits per heavy atom. The lowest BCUT2D eigenvalue weighted by Crippen LogP contribution is -2.12. The molecule has 0 bridgehead atoms. The van der Waals surface area contributed by atoms with Crippen LogP contribution >= 0.6 is 0 Å². The van der Waals surface area contributed by atoms with E-state index in [9.17, 15) is 4.79 Å². The second kappa shape index (κ2) is 5.66. The van der Waals surface area contributed by atoms with E-state index in [4.69, 9.17) is 0 Å². The molecule has 1 N–H and O–H groups in total. The van der Waals surface area contributed by atoms with Gasteiger partial charge in [0.1, 0.15) is 0 Å². The van der Waals surface area contributed by atoms with Crippen molar-refractivity contribution in [1.29, 1.82) is 0 Å². The van der Waals surface area contributed by atoms with Crippen molar-refractivity contribution in [2.45, 2.75) is 41.2 Å². The number of nitrogens with zero attached hydrogens (tertiary/aromatic N) is 2. The van der Waals surface area contributed by atoms with Crippen molar-refractivity contribution >= 4 is 12.1 Å². The summed E-state index contributed by atoms with van der Waals surface area (Å²) in [6.07, 6.45) is 1.69. The Labute approximate surface area is 103 Å². The number of rotatable bonds is 4. The van der Waals surface area contributed by atoms with Crippen LogP contribution in [0.3, 0.4) is 0 Å². The number of hydrogen-bond donors (Lipinski definition) is 1. The summed E-state index contributed by atoms with van der Waals surface area (Å²) in [7, 11) is 0. The number of aromatic nitrogens is 1. The lowest BCUT2D eigenvalue weighted by atomic mass is 10.2. The highest BCUT2D eigenvalue weighted by molar-refractivity contribution is 5.83. The van der Waals surface area contributed by atoms with E-state index < -0.39 is 0 Å². The van der Waals surface area contributed by atoms with Gasteiger partial charge < -0.3 is 4.57 Å². The molecule has 0 fully saturated rings. The van der Waals surface area contributed by atoms with Crippen LogP contribution in [-0.4, -0.2) is 16.7 Å². The van der Waals surface area contributed by atoms with E-state index in [2.05, 4.69) is 48.9 Å². The van der Waals surface area contributed by atoms with Crippen LogP contribution in [-0.2, 0) is 11.3 Å². The van der Waals surface area contributed by atoms with Gasteiger partial charge in [-0.05, 0) is 25.8 Å². The maximum Gasteiger partial charge on any atom is 0.236 e. The average molecular weight is 235 g/mol. The minimum atomic E-state index is -0.155. The third-order valence-electron chi connectivity index (χ3n) is 2.59. The molecule has 0 atom stereocenters. The number of carbonyl (C=O) groups excluding carboxylic acids is 1. The number of hydrogen-bond acceptors (Lipinski definition) is 2. The van der Waals surface area contributed by atoms with Crippen molar-refractivity contribution < 1.29 is 4.79 Å². The summed E-state index contributed by atoms with van der Waals surface area (Å²) in [5.74, 6) is 0.456. The van der Waals surface area contributed by atoms with Crippen molar-refractivity contribution in [3.05, 3.63) is 23.0 Å². The molecule has 0 radical (unpaired) electrons. The predicted molar refractivity (Wildman–Crippen MR) is 70.2 cm³/mol. The van der Waals surface area contributed by atoms with E-state index in [1.165, 1.54) is 18.3 Å². The largest absolute Gasteiger partial charge is 0.348 e. The van der Waals surface area contributed by atoms with Gasteiger partial charge >= 0.3 is 0 Å². The second-order valence-electron chi connectivity index (χ2n) is 4.76. The smallest absolute Gasteiger partial charge is 0.236 e. The lowest BCUT2D eigenvalue weighted by molar-refractivity contribution is -0.118. The Morgan fingerprint density at radius 3 is 2.71 bits per heavy atom. The van der Waals surface area contributed by atoms with Crippen LogP contribution in [0.1, 0.15) is 37.7 Å². The van der Waals surface area contributed by atoms with Gasteiger partial charge in [-0.1, -0.05) is 13.8 Å². The molecule has 1 aromatic heterocycles. The predicted octanol–water partition coefficient (Wildman–Crippen LogP) is 2.23. The fraction of sp³-hybridized carbons (Fsp3) is 0.538. The van der Waals surface area contributed by atoms with Gasteiger partial charge in [-0.25, -0.2) is 5.43 Å². The summed E-state index contributed by atoms with van der Waals surface area (Å²) in [5.41, 5.74) is 5.87. The van der Waals surface area contributed by atoms with E-state index in [1.807, 2.05) is 0 Å². The molecule has 4 nitrogen and oxygen atoms in total. The van der Waals surface area contributed by atoms with E-state index in [1.54, 1.807) is 6.21 Å². The van der Waals surface area contributed by atoms with Crippen molar-refractivity contribution in [1.82, 2.24) is 9.99 Å². The van der Waals surface area contributed by atoms with Crippen LogP contribution in [0.4, 0.5) is 0 Å². The molecule has 0 aromatic carbocycles. The zero-order chi connectivity index (χ0) is 13.0. The van der Waals surface area contributed by atoms with Crippen molar-refractivity contribution in [2.24, 2.45) is 11.0 Å². The van der Waals surface area contributed by atoms with Gasteiger partial charge in [-0.2, -0.15) is 5.10 Å². The molecule has 17 heavy (non-hydrogen) atoms. The summed E-state index contributed by atoms with van der Waals surface area (Å²) in [4.78, 5) is 10.7. The molecule has 1 aromatic rings. The first-order valence-corrected chi connectivity index (χ1v) is 5.88. The Hall–Kier alpha value is -1.58. The molecule has 0 saturated carbocycles. The molecular weight excluding hydrogens is 214 g/mol. The molecule has 4 heteroatoms. The number of aryl methyl sites for hydroxylation is 1. The first-order valence-electron chi connectivity index (χ1n) is 5.88. The minimum Gasteiger partial charge on any atom is -0.348 e. The van der Waals surface area contributed by atoms with Crippen LogP contribution in [0.5, 0.6) is 0 Å². The quantitative estimate of drug-likeness (QED) is 0.631. The molecule has 1 amide bonds. The first-order chi connectivity index (χ1) is 7.91. The van der Waals surface area contributed by atoms with Crippen LogP contribution in [0.15, 0.2) is 11.2 Å². The molecule has 0 saturated heterocycles. The van der Waals surface area contributed by atoms with Gasteiger partial charge in [0.05, 0.1) is 6.21 Å². The third-order valence-corrected chi connectivity index (χ3v) is 2.59. The second-order valence-corrected chi connectivity index (χ2v) is 4.76. The SMILES string of the molecule is CC(=O)N/N=C\c1cc(C)n(CC(C)C)c1C. The molecule has 0 spiro atoms. The topological polar surface area (TPSA) is 46.4 Å². The monoisotopic (exact) mass is 235 g/mol. The fourth-order valence-corrected chi connectivity index (χ4v) is 1.80. The number of carbonyl (C=O) groups is 1. The number of amides is 1. The summed E-state index contributed by atoms with van der Waals surface area (Å²) >= 11 is 0. The van der Waals surface area contributed by atoms with Gasteiger partial charge in [-0.15, -0.1) is 0 Å². The summed E-state index contributed by atoms with van der Waals surface area (Å²) in [6, 6.07) is 2.09. The van der Waals surface area contributed by atoms with E-state index in [-0.39, 0.29) is 5.91 Å². The molecular formula is C13H21N3O. The van der Waals surface area contributed by atoms with Gasteiger partial charge in [0, 0.05) is 30.4 Å². The molecule has 0 unspecified atom stereocenters. The highest BCUT2D eigenvalue weighted by Crippen LogP contribution is 2.15. The van der Waals surface area contributed by atoms with E-state index >= 15 is 0 Å². The van der Waals surface area contributed by atoms with Gasteiger partial charge in [0.25, 0.3) is 0 Å². The summed E-state index contributed by atoms with van der Waals surface area (Å²) < 4.78 is 2.28. The first kappa shape index (κ1) is 13.5. The maximum absolute atomic E-state index is 10.7. The van der Waals surface area contributed by atoms with E-state index in [0.29, 0.717) is 5.92 Å². The summed E-state index contributed by atoms with van der Waals surface area (Å²) in [5, 5.41) is 3.90. The van der Waals surface area contributed by atoms with Crippen LogP contribution in [0.2, 0.25) is 0 Å². The zero-order valence-corrected chi connectivity index (χ0v) is 11.2. The highest BCUT2D eigenvalue weighted by Gasteiger charge is 2.08. The van der Waals surface area contributed by atoms with E-state index in [0.717, 1.165) is 12.1 Å². The van der Waals surface area contributed by atoms with Crippen molar-refractivity contribution in [2.75, 3.05) is 0 Å². The Kier molecular flexibility index (Phi) is 4.49. The van der Waals surface area contributed by atoms with Gasteiger partial charge in [0.2, 0.25) is 5.91 Å². The lowest BCUT2D eigenvalue weighted by Gasteiger charge is -2.11. The molecule has 0 aliphatic carbocycles. The minimum absolute atomic E-state index is 0.155. The van der Waals surface area contributed by atoms with Crippen LogP contribution in [0.25, 0.3) is 0 Å². The molecule has 0 aliphatic rings. The normalized spacial score (nSPS) is 11.4. The molecule has 1 rings (SSSR count). The fourth-order valence-electron chi connectivity index (χ4n) is 1.80. The van der Waals surface area contributed by atoms with Crippen LogP contribution in [0, 0.1) is 19.8 Å². The number of hydrazone groups is 1. The van der Waals surface area contributed by atoms with Gasteiger partial charge in [0.15, 0.2) is 0 Å². The maximum atomic E-state index is 10.7. The van der Waals surface area contributed by atoms with Crippen LogP contribution < -0.4 is 5.43 Å². The molecule has 94 valence electrons. The Morgan fingerprint density at radius 2 is 2.18 bits per heavy atom. The molecule has 0 aliphatic heterocycles. The summed E-state index contributed by atoms with van der Waals surface area (Å²) in [6.45, 7) is 11.0. The van der Waals surface area contributed by atoms with Crippen molar-refractivity contribution in [3.63, 3.8) is 0 Å². The van der Waals surface area contributed by atoms with Gasteiger partial charge in [-0.3, -0.25) is 4.79 Å². The third kappa shape index (κ3) is 3.73. The average Bonchev–Trinajstić information content (AvgIpc) is 2.45. The number of nitrogens with one attached hydrogen (secondary N) is 1.